The Morgan fingerprint density at radius 2 is 1.50 bits per heavy atom. The minimum Gasteiger partial charge on any atom is -0.466 e. The molecule has 1 aromatic heterocycles. The van der Waals surface area contributed by atoms with Gasteiger partial charge in [0.1, 0.15) is 0 Å². The Balaban J connectivity index is 2.17. The van der Waals surface area contributed by atoms with Crippen LogP contribution >= 0.6 is 0 Å². The van der Waals surface area contributed by atoms with Crippen molar-refractivity contribution in [3.63, 3.8) is 0 Å². The smallest absolute Gasteiger partial charge is 0.310 e. The predicted molar refractivity (Wildman–Crippen MR) is 125 cm³/mol. The van der Waals surface area contributed by atoms with Gasteiger partial charge in [-0.1, -0.05) is 86.8 Å². The number of hydrogen-bond donors (Lipinski definition) is 0. The summed E-state index contributed by atoms with van der Waals surface area (Å²) in [5.74, 6) is -0.166. The number of rotatable bonds is 10. The van der Waals surface area contributed by atoms with Gasteiger partial charge in [0.15, 0.2) is 0 Å². The van der Waals surface area contributed by atoms with Gasteiger partial charge in [-0.2, -0.15) is 0 Å². The number of nitrogens with zero attached hydrogens (tertiary/aromatic N) is 1. The summed E-state index contributed by atoms with van der Waals surface area (Å²) in [5.41, 5.74) is 6.93. The Morgan fingerprint density at radius 3 is 2.10 bits per heavy atom. The van der Waals surface area contributed by atoms with E-state index in [1.54, 1.807) is 0 Å². The number of hydrogen-bond acceptors (Lipinski definition) is 2. The molecule has 3 heteroatoms. The second-order valence-corrected chi connectivity index (χ2v) is 7.71. The Hall–Kier alpha value is -2.81. The molecule has 1 heterocycles. The molecule has 3 aromatic rings. The number of ether oxygens (including phenoxy) is 1. The lowest BCUT2D eigenvalue weighted by Crippen LogP contribution is -2.09. The number of unbranched alkanes of at least 4 members (excludes halogenated alkanes) is 3. The van der Waals surface area contributed by atoms with Crippen molar-refractivity contribution in [2.75, 3.05) is 6.61 Å². The normalized spacial score (nSPS) is 10.9. The van der Waals surface area contributed by atoms with E-state index in [-0.39, 0.29) is 5.97 Å². The zero-order chi connectivity index (χ0) is 21.3. The molecule has 0 saturated heterocycles. The van der Waals surface area contributed by atoms with Crippen LogP contribution in [0, 0.1) is 6.92 Å². The first-order valence-electron chi connectivity index (χ1n) is 11.2. The average Bonchev–Trinajstić information content (AvgIpc) is 3.04. The van der Waals surface area contributed by atoms with Crippen LogP contribution in [0.15, 0.2) is 60.7 Å². The molecule has 0 aliphatic carbocycles. The lowest BCUT2D eigenvalue weighted by molar-refractivity contribution is -0.142. The third-order valence-electron chi connectivity index (χ3n) is 5.62. The fraction of sp³-hybridized carbons (Fsp3) is 0.370. The van der Waals surface area contributed by atoms with E-state index in [0.29, 0.717) is 13.0 Å². The van der Waals surface area contributed by atoms with Crippen molar-refractivity contribution in [3.8, 4) is 22.4 Å². The first-order valence-corrected chi connectivity index (χ1v) is 11.2. The topological polar surface area (TPSA) is 31.2 Å². The molecule has 0 N–H and O–H groups in total. The van der Waals surface area contributed by atoms with Gasteiger partial charge in [-0.05, 0) is 37.0 Å². The Labute approximate surface area is 180 Å². The summed E-state index contributed by atoms with van der Waals surface area (Å²) in [6, 6.07) is 21.0. The summed E-state index contributed by atoms with van der Waals surface area (Å²) < 4.78 is 7.73. The van der Waals surface area contributed by atoms with Crippen LogP contribution in [0.1, 0.15) is 50.8 Å². The van der Waals surface area contributed by atoms with E-state index in [2.05, 4.69) is 66.9 Å². The summed E-state index contributed by atoms with van der Waals surface area (Å²) in [7, 11) is 0. The molecular formula is C27H33NO2. The highest BCUT2D eigenvalue weighted by Crippen LogP contribution is 2.40. The van der Waals surface area contributed by atoms with Crippen LogP contribution < -0.4 is 0 Å². The molecule has 3 nitrogen and oxygen atoms in total. The highest BCUT2D eigenvalue weighted by Gasteiger charge is 2.24. The van der Waals surface area contributed by atoms with Gasteiger partial charge < -0.3 is 9.30 Å². The van der Waals surface area contributed by atoms with Crippen LogP contribution in [0.3, 0.4) is 0 Å². The minimum absolute atomic E-state index is 0.166. The molecule has 2 aromatic carbocycles. The summed E-state index contributed by atoms with van der Waals surface area (Å²) in [5, 5.41) is 0. The van der Waals surface area contributed by atoms with Gasteiger partial charge in [0.25, 0.3) is 0 Å². The van der Waals surface area contributed by atoms with Crippen LogP contribution in [-0.2, 0) is 22.5 Å². The number of esters is 1. The molecule has 0 unspecified atom stereocenters. The SMILES string of the molecule is CCCCCCn1c(C)c(CC(=O)OCC)c(-c2ccccc2)c1-c1ccccc1. The summed E-state index contributed by atoms with van der Waals surface area (Å²) in [6.07, 6.45) is 5.12. The van der Waals surface area contributed by atoms with Gasteiger partial charge in [-0.3, -0.25) is 4.79 Å². The fourth-order valence-electron chi connectivity index (χ4n) is 4.15. The number of aromatic nitrogens is 1. The van der Waals surface area contributed by atoms with Crippen molar-refractivity contribution in [2.24, 2.45) is 0 Å². The van der Waals surface area contributed by atoms with E-state index in [9.17, 15) is 4.79 Å². The molecule has 0 atom stereocenters. The van der Waals surface area contributed by atoms with Crippen molar-refractivity contribution in [2.45, 2.75) is 59.4 Å². The second kappa shape index (κ2) is 10.8. The Bertz CT molecular complexity index is 942. The summed E-state index contributed by atoms with van der Waals surface area (Å²) >= 11 is 0. The fourth-order valence-corrected chi connectivity index (χ4v) is 4.15. The van der Waals surface area contributed by atoms with E-state index < -0.39 is 0 Å². The van der Waals surface area contributed by atoms with E-state index in [1.807, 2.05) is 19.1 Å². The lowest BCUT2D eigenvalue weighted by atomic mass is 9.95. The van der Waals surface area contributed by atoms with Gasteiger partial charge in [0.2, 0.25) is 0 Å². The maximum atomic E-state index is 12.5. The Morgan fingerprint density at radius 1 is 0.867 bits per heavy atom. The standard InChI is InChI=1S/C27H33NO2/c1-4-6-7-14-19-28-21(3)24(20-25(29)30-5-2)26(22-15-10-8-11-16-22)27(28)23-17-12-9-13-18-23/h8-13,15-18H,4-7,14,19-20H2,1-3H3. The molecular weight excluding hydrogens is 370 g/mol. The van der Waals surface area contributed by atoms with Crippen molar-refractivity contribution in [1.29, 1.82) is 0 Å². The van der Waals surface area contributed by atoms with Crippen molar-refractivity contribution >= 4 is 5.97 Å². The third kappa shape index (κ3) is 5.02. The highest BCUT2D eigenvalue weighted by atomic mass is 16.5. The quantitative estimate of drug-likeness (QED) is 0.275. The summed E-state index contributed by atoms with van der Waals surface area (Å²) in [6.45, 7) is 7.60. The highest BCUT2D eigenvalue weighted by molar-refractivity contribution is 5.88. The van der Waals surface area contributed by atoms with Gasteiger partial charge in [-0.25, -0.2) is 0 Å². The third-order valence-corrected chi connectivity index (χ3v) is 5.62. The minimum atomic E-state index is -0.166. The molecule has 0 fully saturated rings. The molecule has 30 heavy (non-hydrogen) atoms. The number of carbonyl (C=O) groups excluding carboxylic acids is 1. The van der Waals surface area contributed by atoms with Gasteiger partial charge in [-0.15, -0.1) is 0 Å². The van der Waals surface area contributed by atoms with E-state index in [4.69, 9.17) is 4.74 Å². The zero-order valence-corrected chi connectivity index (χ0v) is 18.5. The average molecular weight is 404 g/mol. The van der Waals surface area contributed by atoms with Crippen LogP contribution in [0.5, 0.6) is 0 Å². The maximum Gasteiger partial charge on any atom is 0.310 e. The molecule has 3 rings (SSSR count). The monoisotopic (exact) mass is 403 g/mol. The molecule has 0 aliphatic heterocycles. The molecule has 0 bridgehead atoms. The van der Waals surface area contributed by atoms with Crippen molar-refractivity contribution < 1.29 is 9.53 Å². The van der Waals surface area contributed by atoms with E-state index in [1.165, 1.54) is 30.5 Å². The van der Waals surface area contributed by atoms with Crippen LogP contribution in [0.4, 0.5) is 0 Å². The van der Waals surface area contributed by atoms with Crippen molar-refractivity contribution in [1.82, 2.24) is 4.57 Å². The van der Waals surface area contributed by atoms with Crippen LogP contribution in [0.25, 0.3) is 22.4 Å². The van der Waals surface area contributed by atoms with Crippen LogP contribution in [0.2, 0.25) is 0 Å². The molecule has 0 saturated carbocycles. The van der Waals surface area contributed by atoms with Crippen molar-refractivity contribution in [3.05, 3.63) is 71.9 Å². The second-order valence-electron chi connectivity index (χ2n) is 7.71. The van der Waals surface area contributed by atoms with Gasteiger partial charge in [0, 0.05) is 17.8 Å². The van der Waals surface area contributed by atoms with Crippen LogP contribution in [-0.4, -0.2) is 17.1 Å². The largest absolute Gasteiger partial charge is 0.466 e. The predicted octanol–water partition coefficient (Wildman–Crippen LogP) is 6.82. The molecule has 158 valence electrons. The van der Waals surface area contributed by atoms with Gasteiger partial charge in [0.05, 0.1) is 18.7 Å². The first kappa shape index (κ1) is 21.9. The number of carbonyl (C=O) groups is 1. The van der Waals surface area contributed by atoms with E-state index >= 15 is 0 Å². The Kier molecular flexibility index (Phi) is 7.89. The molecule has 0 spiro atoms. The van der Waals surface area contributed by atoms with E-state index in [0.717, 1.165) is 35.3 Å². The first-order chi connectivity index (χ1) is 14.7. The lowest BCUT2D eigenvalue weighted by Gasteiger charge is -2.14. The zero-order valence-electron chi connectivity index (χ0n) is 18.5. The summed E-state index contributed by atoms with van der Waals surface area (Å²) in [4.78, 5) is 12.5. The van der Waals surface area contributed by atoms with Gasteiger partial charge >= 0.3 is 5.97 Å². The molecule has 0 aliphatic rings. The maximum absolute atomic E-state index is 12.5. The number of benzene rings is 2. The molecule has 0 radical (unpaired) electrons. The molecule has 0 amide bonds.